The Morgan fingerprint density at radius 1 is 1.06 bits per heavy atom. The van der Waals surface area contributed by atoms with Crippen molar-refractivity contribution in [1.29, 1.82) is 0 Å². The first kappa shape index (κ1) is 26.7. The van der Waals surface area contributed by atoms with Crippen LogP contribution < -0.4 is 10.1 Å². The molecular formula is C27H27BrClFN2O3. The summed E-state index contributed by atoms with van der Waals surface area (Å²) in [5, 5.41) is 3.23. The molecular weight excluding hydrogens is 535 g/mol. The van der Waals surface area contributed by atoms with E-state index in [0.29, 0.717) is 16.3 Å². The maximum absolute atomic E-state index is 14.6. The second kappa shape index (κ2) is 12.7. The topological polar surface area (TPSA) is 58.6 Å². The maximum Gasteiger partial charge on any atom is 0.261 e. The standard InChI is InChI=1S/C27H27BrClFN2O3/c1-18(2)31-27(34)24(14-19-8-4-3-5-9-19)32(16-20-10-6-7-11-23(20)30)26(33)17-35-25-13-12-21(28)15-22(25)29/h3-13,15,18,24H,14,16-17H2,1-2H3,(H,31,34)/t24-/m0/s1. The number of carbonyl (C=O) groups is 2. The number of hydrogen-bond donors (Lipinski definition) is 1. The highest BCUT2D eigenvalue weighted by atomic mass is 79.9. The van der Waals surface area contributed by atoms with Crippen molar-refractivity contribution in [3.05, 3.63) is 99.2 Å². The van der Waals surface area contributed by atoms with Crippen LogP contribution in [0.5, 0.6) is 5.75 Å². The lowest BCUT2D eigenvalue weighted by atomic mass is 10.0. The Balaban J connectivity index is 1.93. The minimum absolute atomic E-state index is 0.0913. The summed E-state index contributed by atoms with van der Waals surface area (Å²) in [5.41, 5.74) is 1.18. The molecule has 0 aliphatic rings. The third-order valence-electron chi connectivity index (χ3n) is 5.25. The van der Waals surface area contributed by atoms with E-state index < -0.39 is 17.8 Å². The predicted molar refractivity (Wildman–Crippen MR) is 139 cm³/mol. The molecule has 0 aromatic heterocycles. The highest BCUT2D eigenvalue weighted by molar-refractivity contribution is 9.10. The molecule has 1 N–H and O–H groups in total. The molecule has 35 heavy (non-hydrogen) atoms. The monoisotopic (exact) mass is 560 g/mol. The van der Waals surface area contributed by atoms with E-state index in [9.17, 15) is 14.0 Å². The van der Waals surface area contributed by atoms with Crippen LogP contribution in [0.4, 0.5) is 4.39 Å². The molecule has 0 radical (unpaired) electrons. The van der Waals surface area contributed by atoms with Crippen LogP contribution in [-0.4, -0.2) is 35.4 Å². The van der Waals surface area contributed by atoms with Gasteiger partial charge in [-0.25, -0.2) is 4.39 Å². The molecule has 0 saturated carbocycles. The van der Waals surface area contributed by atoms with Crippen LogP contribution in [0.2, 0.25) is 5.02 Å². The molecule has 0 bridgehead atoms. The van der Waals surface area contributed by atoms with Gasteiger partial charge in [-0.05, 0) is 43.7 Å². The summed E-state index contributed by atoms with van der Waals surface area (Å²) in [6, 6.07) is 19.6. The molecule has 184 valence electrons. The van der Waals surface area contributed by atoms with E-state index in [1.165, 1.54) is 11.0 Å². The SMILES string of the molecule is CC(C)NC(=O)[C@H](Cc1ccccc1)N(Cc1ccccc1F)C(=O)COc1ccc(Br)cc1Cl. The summed E-state index contributed by atoms with van der Waals surface area (Å²) >= 11 is 9.56. The van der Waals surface area contributed by atoms with E-state index >= 15 is 0 Å². The van der Waals surface area contributed by atoms with Crippen molar-refractivity contribution in [2.45, 2.75) is 38.9 Å². The van der Waals surface area contributed by atoms with Crippen LogP contribution >= 0.6 is 27.5 Å². The Morgan fingerprint density at radius 3 is 2.40 bits per heavy atom. The number of ether oxygens (including phenoxy) is 1. The summed E-state index contributed by atoms with van der Waals surface area (Å²) in [7, 11) is 0. The molecule has 3 rings (SSSR count). The fraction of sp³-hybridized carbons (Fsp3) is 0.259. The summed E-state index contributed by atoms with van der Waals surface area (Å²) < 4.78 is 21.0. The number of amides is 2. The van der Waals surface area contributed by atoms with Gasteiger partial charge in [-0.2, -0.15) is 0 Å². The van der Waals surface area contributed by atoms with E-state index in [1.54, 1.807) is 36.4 Å². The van der Waals surface area contributed by atoms with E-state index in [1.807, 2.05) is 44.2 Å². The van der Waals surface area contributed by atoms with Crippen molar-refractivity contribution in [3.63, 3.8) is 0 Å². The zero-order valence-electron chi connectivity index (χ0n) is 19.5. The van der Waals surface area contributed by atoms with Gasteiger partial charge in [-0.15, -0.1) is 0 Å². The van der Waals surface area contributed by atoms with Crippen molar-refractivity contribution < 1.29 is 18.7 Å². The van der Waals surface area contributed by atoms with E-state index in [-0.39, 0.29) is 31.5 Å². The van der Waals surface area contributed by atoms with Crippen LogP contribution in [0.15, 0.2) is 77.3 Å². The van der Waals surface area contributed by atoms with E-state index in [0.717, 1.165) is 10.0 Å². The third-order valence-corrected chi connectivity index (χ3v) is 6.03. The van der Waals surface area contributed by atoms with Gasteiger partial charge in [0.2, 0.25) is 5.91 Å². The van der Waals surface area contributed by atoms with Crippen molar-refractivity contribution in [1.82, 2.24) is 10.2 Å². The Hall–Kier alpha value is -2.90. The smallest absolute Gasteiger partial charge is 0.261 e. The molecule has 2 amide bonds. The van der Waals surface area contributed by atoms with Gasteiger partial charge in [0.15, 0.2) is 6.61 Å². The number of carbonyl (C=O) groups excluding carboxylic acids is 2. The molecule has 3 aromatic carbocycles. The third kappa shape index (κ3) is 7.80. The Morgan fingerprint density at radius 2 is 1.74 bits per heavy atom. The average Bonchev–Trinajstić information content (AvgIpc) is 2.82. The lowest BCUT2D eigenvalue weighted by Crippen LogP contribution is -2.53. The lowest BCUT2D eigenvalue weighted by molar-refractivity contribution is -0.143. The quantitative estimate of drug-likeness (QED) is 0.341. The molecule has 0 aliphatic carbocycles. The van der Waals surface area contributed by atoms with Gasteiger partial charge in [0.1, 0.15) is 17.6 Å². The van der Waals surface area contributed by atoms with Crippen molar-refractivity contribution in [3.8, 4) is 5.75 Å². The van der Waals surface area contributed by atoms with Gasteiger partial charge in [0, 0.05) is 29.0 Å². The number of rotatable bonds is 10. The highest BCUT2D eigenvalue weighted by Crippen LogP contribution is 2.28. The molecule has 0 spiro atoms. The van der Waals surface area contributed by atoms with E-state index in [2.05, 4.69) is 21.2 Å². The van der Waals surface area contributed by atoms with Gasteiger partial charge in [0.05, 0.1) is 5.02 Å². The molecule has 0 saturated heterocycles. The summed E-state index contributed by atoms with van der Waals surface area (Å²) in [6.07, 6.45) is 0.263. The van der Waals surface area contributed by atoms with Crippen LogP contribution in [0, 0.1) is 5.82 Å². The molecule has 0 fully saturated rings. The Bertz CT molecular complexity index is 1160. The zero-order chi connectivity index (χ0) is 25.4. The first-order valence-corrected chi connectivity index (χ1v) is 12.4. The summed E-state index contributed by atoms with van der Waals surface area (Å²) in [5.74, 6) is -0.910. The Kier molecular flexibility index (Phi) is 9.69. The molecule has 0 aliphatic heterocycles. The minimum atomic E-state index is -0.879. The largest absolute Gasteiger partial charge is 0.482 e. The van der Waals surface area contributed by atoms with Gasteiger partial charge >= 0.3 is 0 Å². The van der Waals surface area contributed by atoms with Crippen molar-refractivity contribution >= 4 is 39.3 Å². The van der Waals surface area contributed by atoms with Crippen LogP contribution in [0.1, 0.15) is 25.0 Å². The van der Waals surface area contributed by atoms with Gasteiger partial charge in [-0.3, -0.25) is 9.59 Å². The van der Waals surface area contributed by atoms with Gasteiger partial charge in [-0.1, -0.05) is 76.1 Å². The predicted octanol–water partition coefficient (Wildman–Crippen LogP) is 5.79. The van der Waals surface area contributed by atoms with Gasteiger partial charge < -0.3 is 15.0 Å². The molecule has 0 unspecified atom stereocenters. The number of benzene rings is 3. The fourth-order valence-corrected chi connectivity index (χ4v) is 4.29. The first-order chi connectivity index (χ1) is 16.7. The highest BCUT2D eigenvalue weighted by Gasteiger charge is 2.31. The first-order valence-electron chi connectivity index (χ1n) is 11.2. The Labute approximate surface area is 218 Å². The number of halogens is 3. The minimum Gasteiger partial charge on any atom is -0.482 e. The summed E-state index contributed by atoms with van der Waals surface area (Å²) in [6.45, 7) is 3.24. The number of hydrogen-bond acceptors (Lipinski definition) is 3. The fourth-order valence-electron chi connectivity index (χ4n) is 3.56. The molecule has 1 atom stereocenters. The number of nitrogens with zero attached hydrogens (tertiary/aromatic N) is 1. The lowest BCUT2D eigenvalue weighted by Gasteiger charge is -2.32. The molecule has 3 aromatic rings. The van der Waals surface area contributed by atoms with Crippen LogP contribution in [-0.2, 0) is 22.6 Å². The average molecular weight is 562 g/mol. The zero-order valence-corrected chi connectivity index (χ0v) is 21.9. The number of nitrogens with one attached hydrogen (secondary N) is 1. The maximum atomic E-state index is 14.6. The van der Waals surface area contributed by atoms with E-state index in [4.69, 9.17) is 16.3 Å². The van der Waals surface area contributed by atoms with Crippen LogP contribution in [0.3, 0.4) is 0 Å². The van der Waals surface area contributed by atoms with Crippen molar-refractivity contribution in [2.75, 3.05) is 6.61 Å². The normalized spacial score (nSPS) is 11.7. The second-order valence-corrected chi connectivity index (χ2v) is 9.67. The van der Waals surface area contributed by atoms with Crippen molar-refractivity contribution in [2.24, 2.45) is 0 Å². The molecule has 5 nitrogen and oxygen atoms in total. The van der Waals surface area contributed by atoms with Gasteiger partial charge in [0.25, 0.3) is 5.91 Å². The molecule has 8 heteroatoms. The second-order valence-electron chi connectivity index (χ2n) is 8.35. The summed E-state index contributed by atoms with van der Waals surface area (Å²) in [4.78, 5) is 28.1. The van der Waals surface area contributed by atoms with Crippen LogP contribution in [0.25, 0.3) is 0 Å². The molecule has 0 heterocycles.